The molecular weight excluding hydrogens is 518 g/mol. The minimum atomic E-state index is -3.52. The van der Waals surface area contributed by atoms with E-state index in [0.29, 0.717) is 54.0 Å². The first-order valence-electron chi connectivity index (χ1n) is 11.9. The maximum absolute atomic E-state index is 13.4. The predicted octanol–water partition coefficient (Wildman–Crippen LogP) is 2.54. The zero-order valence-corrected chi connectivity index (χ0v) is 22.1. The van der Waals surface area contributed by atoms with Gasteiger partial charge in [-0.1, -0.05) is 29.8 Å². The molecule has 0 spiro atoms. The van der Waals surface area contributed by atoms with Crippen LogP contribution >= 0.6 is 11.6 Å². The Balaban J connectivity index is 1.53. The minimum Gasteiger partial charge on any atom is -0.484 e. The van der Waals surface area contributed by atoms with Crippen LogP contribution in [0.5, 0.6) is 5.75 Å². The largest absolute Gasteiger partial charge is 0.484 e. The highest BCUT2D eigenvalue weighted by molar-refractivity contribution is 7.88. The van der Waals surface area contributed by atoms with Crippen molar-refractivity contribution < 1.29 is 17.9 Å². The molecule has 3 aromatic rings. The van der Waals surface area contributed by atoms with Crippen LogP contribution in [0.15, 0.2) is 59.5 Å². The topological polar surface area (TPSA) is 120 Å². The summed E-state index contributed by atoms with van der Waals surface area (Å²) in [6.45, 7) is 4.23. The molecule has 1 saturated heterocycles. The molecule has 12 heteroatoms. The Labute approximate surface area is 221 Å². The third kappa shape index (κ3) is 6.61. The van der Waals surface area contributed by atoms with Crippen LogP contribution in [0.1, 0.15) is 12.5 Å². The summed E-state index contributed by atoms with van der Waals surface area (Å²) in [7, 11) is -3.52. The highest BCUT2D eigenvalue weighted by Crippen LogP contribution is 2.27. The maximum atomic E-state index is 13.4. The Kier molecular flexibility index (Phi) is 8.70. The highest BCUT2D eigenvalue weighted by Gasteiger charge is 2.29. The number of rotatable bonds is 10. The molecule has 2 heterocycles. The van der Waals surface area contributed by atoms with Crippen molar-refractivity contribution in [3.05, 3.63) is 75.7 Å². The zero-order chi connectivity index (χ0) is 26.4. The number of nitrogen functional groups attached to an aromatic ring is 1. The van der Waals surface area contributed by atoms with Crippen LogP contribution in [0.3, 0.4) is 0 Å². The van der Waals surface area contributed by atoms with E-state index in [2.05, 4.69) is 5.10 Å². The lowest BCUT2D eigenvalue weighted by molar-refractivity contribution is 0.109. The van der Waals surface area contributed by atoms with Gasteiger partial charge >= 0.3 is 5.56 Å². The van der Waals surface area contributed by atoms with E-state index in [1.807, 2.05) is 11.8 Å². The second-order valence-corrected chi connectivity index (χ2v) is 10.9. The van der Waals surface area contributed by atoms with Gasteiger partial charge in [-0.15, -0.1) is 0 Å². The Morgan fingerprint density at radius 3 is 2.46 bits per heavy atom. The lowest BCUT2D eigenvalue weighted by Crippen LogP contribution is -2.49. The van der Waals surface area contributed by atoms with Crippen molar-refractivity contribution in [2.75, 3.05) is 56.6 Å². The number of sulfonamides is 1. The van der Waals surface area contributed by atoms with E-state index in [-0.39, 0.29) is 31.2 Å². The van der Waals surface area contributed by atoms with Gasteiger partial charge in [-0.2, -0.15) is 14.1 Å². The van der Waals surface area contributed by atoms with E-state index < -0.39 is 15.6 Å². The molecule has 0 aliphatic carbocycles. The number of halogens is 1. The second kappa shape index (κ2) is 12.0. The smallest absolute Gasteiger partial charge is 0.316 e. The lowest BCUT2D eigenvalue weighted by Gasteiger charge is -2.35. The Hall–Kier alpha value is -3.12. The summed E-state index contributed by atoms with van der Waals surface area (Å²) in [5.74, 6) is 0.0314. The van der Waals surface area contributed by atoms with Crippen molar-refractivity contribution in [1.29, 1.82) is 0 Å². The van der Waals surface area contributed by atoms with Gasteiger partial charge < -0.3 is 20.1 Å². The third-order valence-corrected chi connectivity index (χ3v) is 8.03. The number of hydrogen-bond donors (Lipinski definition) is 1. The molecule has 1 aromatic heterocycles. The Morgan fingerprint density at radius 2 is 1.78 bits per heavy atom. The van der Waals surface area contributed by atoms with Gasteiger partial charge in [0.15, 0.2) is 0 Å². The third-order valence-electron chi connectivity index (χ3n) is 5.95. The molecule has 10 nitrogen and oxygen atoms in total. The zero-order valence-electron chi connectivity index (χ0n) is 20.5. The van der Waals surface area contributed by atoms with Crippen LogP contribution < -0.4 is 20.9 Å². The quantitative estimate of drug-likeness (QED) is 0.304. The van der Waals surface area contributed by atoms with E-state index in [0.717, 1.165) is 0 Å². The fraction of sp³-hybridized carbons (Fsp3) is 0.360. The van der Waals surface area contributed by atoms with Gasteiger partial charge in [0.2, 0.25) is 15.8 Å². The summed E-state index contributed by atoms with van der Waals surface area (Å²) < 4.78 is 39.9. The summed E-state index contributed by atoms with van der Waals surface area (Å²) in [5.41, 5.74) is 7.55. The van der Waals surface area contributed by atoms with Crippen LogP contribution in [0.4, 0.5) is 11.4 Å². The van der Waals surface area contributed by atoms with Crippen molar-refractivity contribution in [3.8, 4) is 11.4 Å². The second-order valence-electron chi connectivity index (χ2n) is 8.49. The van der Waals surface area contributed by atoms with Gasteiger partial charge in [0.25, 0.3) is 0 Å². The molecule has 1 aliphatic heterocycles. The predicted molar refractivity (Wildman–Crippen MR) is 144 cm³/mol. The van der Waals surface area contributed by atoms with Crippen molar-refractivity contribution in [3.63, 3.8) is 0 Å². The number of anilines is 2. The lowest BCUT2D eigenvalue weighted by atomic mass is 10.2. The van der Waals surface area contributed by atoms with E-state index in [9.17, 15) is 13.2 Å². The molecule has 0 unspecified atom stereocenters. The molecule has 0 bridgehead atoms. The van der Waals surface area contributed by atoms with Gasteiger partial charge in [-0.3, -0.25) is 4.79 Å². The fourth-order valence-electron chi connectivity index (χ4n) is 4.05. The van der Waals surface area contributed by atoms with Crippen LogP contribution in [-0.4, -0.2) is 68.5 Å². The molecule has 2 aromatic carbocycles. The van der Waals surface area contributed by atoms with Crippen molar-refractivity contribution >= 4 is 33.0 Å². The summed E-state index contributed by atoms with van der Waals surface area (Å²) in [5, 5.41) is 4.83. The molecule has 2 N–H and O–H groups in total. The van der Waals surface area contributed by atoms with Crippen molar-refractivity contribution in [2.24, 2.45) is 0 Å². The normalized spacial score (nSPS) is 14.6. The highest BCUT2D eigenvalue weighted by atomic mass is 35.5. The number of ether oxygens (including phenoxy) is 2. The summed E-state index contributed by atoms with van der Waals surface area (Å²) in [6.07, 6.45) is 1.57. The molecule has 4 rings (SSSR count). The van der Waals surface area contributed by atoms with Crippen LogP contribution in [-0.2, 0) is 20.5 Å². The maximum Gasteiger partial charge on any atom is 0.316 e. The summed E-state index contributed by atoms with van der Waals surface area (Å²) >= 11 is 6.11. The van der Waals surface area contributed by atoms with Gasteiger partial charge in [0.05, 0.1) is 24.2 Å². The van der Waals surface area contributed by atoms with Gasteiger partial charge in [0, 0.05) is 43.5 Å². The van der Waals surface area contributed by atoms with E-state index in [1.165, 1.54) is 8.99 Å². The van der Waals surface area contributed by atoms with E-state index in [1.54, 1.807) is 54.7 Å². The first-order chi connectivity index (χ1) is 17.8. The van der Waals surface area contributed by atoms with Crippen LogP contribution in [0, 0.1) is 0 Å². The summed E-state index contributed by atoms with van der Waals surface area (Å²) in [4.78, 5) is 15.3. The minimum absolute atomic E-state index is 0.101. The number of aromatic nitrogens is 2. The molecule has 1 aliphatic rings. The van der Waals surface area contributed by atoms with E-state index in [4.69, 9.17) is 26.8 Å². The average molecular weight is 548 g/mol. The van der Waals surface area contributed by atoms with Gasteiger partial charge in [-0.25, -0.2) is 8.42 Å². The molecule has 0 amide bonds. The number of nitrogens with two attached hydrogens (primary N) is 1. The Morgan fingerprint density at radius 1 is 1.05 bits per heavy atom. The molecule has 1 fully saturated rings. The Bertz CT molecular complexity index is 1370. The van der Waals surface area contributed by atoms with Crippen LogP contribution in [0.25, 0.3) is 5.69 Å². The number of hydrogen-bond acceptors (Lipinski definition) is 8. The molecular formula is C25H30ClN5O5S. The fourth-order valence-corrected chi connectivity index (χ4v) is 5.75. The first-order valence-corrected chi connectivity index (χ1v) is 13.9. The number of benzene rings is 2. The van der Waals surface area contributed by atoms with E-state index >= 15 is 0 Å². The van der Waals surface area contributed by atoms with Crippen molar-refractivity contribution in [1.82, 2.24) is 14.1 Å². The average Bonchev–Trinajstić information content (AvgIpc) is 2.88. The SMILES string of the molecule is CCOCCOc1c(N2CCN(S(=O)(=O)Cc3ccc(N)cc3)CC2)cnn(-c2cccc(Cl)c2)c1=O. The summed E-state index contributed by atoms with van der Waals surface area (Å²) in [6, 6.07) is 13.6. The molecule has 0 atom stereocenters. The number of piperazine rings is 1. The van der Waals surface area contributed by atoms with Gasteiger partial charge in [0.1, 0.15) is 12.3 Å². The first kappa shape index (κ1) is 26.9. The molecule has 198 valence electrons. The molecule has 0 saturated carbocycles. The van der Waals surface area contributed by atoms with Crippen LogP contribution in [0.2, 0.25) is 5.02 Å². The standard InChI is InChI=1S/C25H30ClN5O5S/c1-2-35-14-15-36-24-23(17-28-31(25(24)32)22-5-3-4-20(26)16-22)29-10-12-30(13-11-29)37(33,34)18-19-6-8-21(27)9-7-19/h3-9,16-17H,2,10-15,18,27H2,1H3. The molecule has 37 heavy (non-hydrogen) atoms. The monoisotopic (exact) mass is 547 g/mol. The number of nitrogens with zero attached hydrogens (tertiary/aromatic N) is 4. The van der Waals surface area contributed by atoms with Crippen molar-refractivity contribution in [2.45, 2.75) is 12.7 Å². The molecule has 0 radical (unpaired) electrons. The van der Waals surface area contributed by atoms with Gasteiger partial charge in [-0.05, 0) is 42.8 Å².